The molecule has 0 aromatic heterocycles. The van der Waals surface area contributed by atoms with E-state index in [4.69, 9.17) is 5.11 Å². The summed E-state index contributed by atoms with van der Waals surface area (Å²) in [4.78, 5) is 2.57. The fourth-order valence-corrected chi connectivity index (χ4v) is 3.15. The number of rotatable bonds is 5. The van der Waals surface area contributed by atoms with E-state index in [1.807, 2.05) is 0 Å². The topological polar surface area (TPSA) is 23.5 Å². The first-order chi connectivity index (χ1) is 8.83. The van der Waals surface area contributed by atoms with Gasteiger partial charge in [0, 0.05) is 19.7 Å². The first-order valence-electron chi connectivity index (χ1n) is 7.20. The fourth-order valence-electron chi connectivity index (χ4n) is 3.15. The highest BCUT2D eigenvalue weighted by atomic mass is 16.3. The van der Waals surface area contributed by atoms with Crippen molar-refractivity contribution in [3.63, 3.8) is 0 Å². The average Bonchev–Trinajstić information content (AvgIpc) is 2.42. The maximum Gasteiger partial charge on any atom is 0.0433 e. The van der Waals surface area contributed by atoms with E-state index >= 15 is 0 Å². The van der Waals surface area contributed by atoms with Gasteiger partial charge in [0.05, 0.1) is 0 Å². The molecule has 0 spiro atoms. The molecule has 0 saturated carbocycles. The van der Waals surface area contributed by atoms with Crippen LogP contribution in [0.25, 0.3) is 0 Å². The van der Waals surface area contributed by atoms with Crippen molar-refractivity contribution < 1.29 is 5.11 Å². The normalized spacial score (nSPS) is 25.2. The summed E-state index contributed by atoms with van der Waals surface area (Å²) in [6, 6.07) is 10.7. The molecule has 2 rings (SSSR count). The van der Waals surface area contributed by atoms with Crippen LogP contribution in [0.15, 0.2) is 30.3 Å². The highest BCUT2D eigenvalue weighted by Crippen LogP contribution is 2.29. The van der Waals surface area contributed by atoms with Crippen molar-refractivity contribution in [2.45, 2.75) is 32.7 Å². The molecule has 1 aromatic carbocycles. The summed E-state index contributed by atoms with van der Waals surface area (Å²) in [6.07, 6.45) is 3.46. The lowest BCUT2D eigenvalue weighted by molar-refractivity contribution is 0.0919. The molecule has 1 saturated heterocycles. The summed E-state index contributed by atoms with van der Waals surface area (Å²) in [5, 5.41) is 9.12. The van der Waals surface area contributed by atoms with Gasteiger partial charge in [-0.15, -0.1) is 0 Å². The smallest absolute Gasteiger partial charge is 0.0433 e. The molecule has 0 unspecified atom stereocenters. The SMILES string of the molecule is CC[C@H]1CN(Cc2ccccc2)CC[C@H]1CCO. The molecule has 2 heteroatoms. The molecular formula is C16H25NO. The van der Waals surface area contributed by atoms with Crippen LogP contribution in [0.2, 0.25) is 0 Å². The number of aliphatic hydroxyl groups is 1. The van der Waals surface area contributed by atoms with Crippen LogP contribution < -0.4 is 0 Å². The molecule has 1 fully saturated rings. The predicted octanol–water partition coefficient (Wildman–Crippen LogP) is 2.92. The second kappa shape index (κ2) is 6.91. The average molecular weight is 247 g/mol. The van der Waals surface area contributed by atoms with Crippen molar-refractivity contribution in [3.05, 3.63) is 35.9 Å². The zero-order valence-corrected chi connectivity index (χ0v) is 11.4. The van der Waals surface area contributed by atoms with E-state index in [9.17, 15) is 0 Å². The van der Waals surface area contributed by atoms with Crippen LogP contribution in [0, 0.1) is 11.8 Å². The molecule has 1 aliphatic heterocycles. The third kappa shape index (κ3) is 3.56. The van der Waals surface area contributed by atoms with Gasteiger partial charge in [-0.3, -0.25) is 4.90 Å². The monoisotopic (exact) mass is 247 g/mol. The first kappa shape index (κ1) is 13.6. The van der Waals surface area contributed by atoms with Crippen molar-refractivity contribution in [1.29, 1.82) is 0 Å². The minimum absolute atomic E-state index is 0.347. The summed E-state index contributed by atoms with van der Waals surface area (Å²) in [6.45, 7) is 6.07. The number of hydrogen-bond donors (Lipinski definition) is 1. The molecule has 0 radical (unpaired) electrons. The highest BCUT2D eigenvalue weighted by Gasteiger charge is 2.27. The molecule has 1 aliphatic rings. The van der Waals surface area contributed by atoms with E-state index in [1.165, 1.54) is 31.5 Å². The second-order valence-electron chi connectivity index (χ2n) is 5.45. The Labute approximate surface area is 111 Å². The zero-order valence-electron chi connectivity index (χ0n) is 11.4. The van der Waals surface area contributed by atoms with Gasteiger partial charge in [-0.1, -0.05) is 43.7 Å². The van der Waals surface area contributed by atoms with Gasteiger partial charge in [0.25, 0.3) is 0 Å². The Morgan fingerprint density at radius 2 is 2.00 bits per heavy atom. The van der Waals surface area contributed by atoms with Gasteiger partial charge in [-0.05, 0) is 36.8 Å². The third-order valence-corrected chi connectivity index (χ3v) is 4.25. The van der Waals surface area contributed by atoms with Crippen LogP contribution in [-0.2, 0) is 6.54 Å². The number of hydrogen-bond acceptors (Lipinski definition) is 2. The van der Waals surface area contributed by atoms with E-state index in [0.717, 1.165) is 24.8 Å². The predicted molar refractivity (Wildman–Crippen MR) is 75.3 cm³/mol. The number of benzene rings is 1. The Kier molecular flexibility index (Phi) is 5.21. The minimum Gasteiger partial charge on any atom is -0.396 e. The summed E-state index contributed by atoms with van der Waals surface area (Å²) < 4.78 is 0. The minimum atomic E-state index is 0.347. The van der Waals surface area contributed by atoms with Crippen molar-refractivity contribution in [2.75, 3.05) is 19.7 Å². The summed E-state index contributed by atoms with van der Waals surface area (Å²) in [5.74, 6) is 1.49. The van der Waals surface area contributed by atoms with Gasteiger partial charge in [-0.2, -0.15) is 0 Å². The molecule has 0 aliphatic carbocycles. The van der Waals surface area contributed by atoms with Gasteiger partial charge in [0.2, 0.25) is 0 Å². The number of nitrogens with zero attached hydrogens (tertiary/aromatic N) is 1. The lowest BCUT2D eigenvalue weighted by Crippen LogP contribution is -2.40. The van der Waals surface area contributed by atoms with Crippen LogP contribution >= 0.6 is 0 Å². The second-order valence-corrected chi connectivity index (χ2v) is 5.45. The zero-order chi connectivity index (χ0) is 12.8. The highest BCUT2D eigenvalue weighted by molar-refractivity contribution is 5.14. The Hall–Kier alpha value is -0.860. The Morgan fingerprint density at radius 3 is 2.67 bits per heavy atom. The number of aliphatic hydroxyl groups excluding tert-OH is 1. The lowest BCUT2D eigenvalue weighted by atomic mass is 9.81. The Bertz CT molecular complexity index is 338. The van der Waals surface area contributed by atoms with Crippen molar-refractivity contribution >= 4 is 0 Å². The van der Waals surface area contributed by atoms with Crippen LogP contribution in [0.4, 0.5) is 0 Å². The molecule has 18 heavy (non-hydrogen) atoms. The van der Waals surface area contributed by atoms with Gasteiger partial charge >= 0.3 is 0 Å². The molecule has 0 bridgehead atoms. The Balaban J connectivity index is 1.89. The van der Waals surface area contributed by atoms with E-state index in [2.05, 4.69) is 42.2 Å². The van der Waals surface area contributed by atoms with E-state index in [1.54, 1.807) is 0 Å². The van der Waals surface area contributed by atoms with E-state index in [0.29, 0.717) is 6.61 Å². The van der Waals surface area contributed by atoms with Crippen LogP contribution in [-0.4, -0.2) is 29.7 Å². The molecule has 0 amide bonds. The lowest BCUT2D eigenvalue weighted by Gasteiger charge is -2.38. The molecule has 100 valence electrons. The molecule has 2 nitrogen and oxygen atoms in total. The molecule has 1 aromatic rings. The molecule has 1 heterocycles. The van der Waals surface area contributed by atoms with Crippen LogP contribution in [0.1, 0.15) is 31.7 Å². The largest absolute Gasteiger partial charge is 0.396 e. The quantitative estimate of drug-likeness (QED) is 0.865. The number of likely N-dealkylation sites (tertiary alicyclic amines) is 1. The van der Waals surface area contributed by atoms with Crippen molar-refractivity contribution in [1.82, 2.24) is 4.90 Å². The van der Waals surface area contributed by atoms with E-state index < -0.39 is 0 Å². The van der Waals surface area contributed by atoms with Gasteiger partial charge in [-0.25, -0.2) is 0 Å². The molecule has 1 N–H and O–H groups in total. The molecule has 2 atom stereocenters. The van der Waals surface area contributed by atoms with Gasteiger partial charge in [0.1, 0.15) is 0 Å². The van der Waals surface area contributed by atoms with Gasteiger partial charge in [0.15, 0.2) is 0 Å². The summed E-state index contributed by atoms with van der Waals surface area (Å²) in [7, 11) is 0. The maximum absolute atomic E-state index is 9.12. The maximum atomic E-state index is 9.12. The number of piperidine rings is 1. The summed E-state index contributed by atoms with van der Waals surface area (Å²) in [5.41, 5.74) is 1.41. The summed E-state index contributed by atoms with van der Waals surface area (Å²) >= 11 is 0. The first-order valence-corrected chi connectivity index (χ1v) is 7.20. The van der Waals surface area contributed by atoms with Crippen molar-refractivity contribution in [3.8, 4) is 0 Å². The van der Waals surface area contributed by atoms with Crippen molar-refractivity contribution in [2.24, 2.45) is 11.8 Å². The van der Waals surface area contributed by atoms with Crippen LogP contribution in [0.3, 0.4) is 0 Å². The van der Waals surface area contributed by atoms with Gasteiger partial charge < -0.3 is 5.11 Å². The fraction of sp³-hybridized carbons (Fsp3) is 0.625. The van der Waals surface area contributed by atoms with E-state index in [-0.39, 0.29) is 0 Å². The van der Waals surface area contributed by atoms with Crippen LogP contribution in [0.5, 0.6) is 0 Å². The standard InChI is InChI=1S/C16H25NO/c1-2-15-13-17(10-8-16(15)9-11-18)12-14-6-4-3-5-7-14/h3-7,15-16,18H,2,8-13H2,1H3/t15-,16-/m0/s1. The molecular weight excluding hydrogens is 222 g/mol. The third-order valence-electron chi connectivity index (χ3n) is 4.25. The Morgan fingerprint density at radius 1 is 1.22 bits per heavy atom.